The van der Waals surface area contributed by atoms with Crippen LogP contribution in [0, 0.1) is 0 Å². The number of aliphatic carboxylic acids is 1. The summed E-state index contributed by atoms with van der Waals surface area (Å²) >= 11 is 4.17. The number of benzene rings is 10. The highest BCUT2D eigenvalue weighted by Gasteiger charge is 2.46. The van der Waals surface area contributed by atoms with E-state index in [2.05, 4.69) is 297 Å². The van der Waals surface area contributed by atoms with Crippen molar-refractivity contribution in [1.29, 1.82) is 0 Å². The molecule has 0 atom stereocenters. The molecule has 0 aliphatic carbocycles. The fourth-order valence-electron chi connectivity index (χ4n) is 13.1. The van der Waals surface area contributed by atoms with Crippen molar-refractivity contribution in [2.45, 2.75) is 111 Å². The standard InChI is InChI=1S/C20H20N.C19H17N.C18H20NO2.C15H15N.C3H5IO2.CH3I.2HI/c1-13-20(2,3)18-16-11-7-5-9-14(16)15-10-6-8-12-17(15)19(18)21(13)4;1-12-19(2,3)17-15-10-6-4-8-13(15)14-9-5-7-11-16(14)18(17)20-12;1-13-18(2,3)17-15-7-5-4-6-14(15)8-9-16(17)19(13)10-11-21-12-20;1-10-15(2,3)14-12-7-5-4-6-11(12)8-9-13(14)16-10;4-2-1-3(5)6;1-2;;/h5-12H,1-4H3;4-11H,1-3H3;4-9,12H,10-11H2,1-3H3;4-9H,1-3H3;1-2H2,(H,5,6);1H3;2*1H/q+1;;+1;;;;;/p-2. The first-order valence-electron chi connectivity index (χ1n) is 29.5. The Hall–Kier alpha value is -5.70. The molecule has 0 unspecified atom stereocenters. The van der Waals surface area contributed by atoms with Crippen LogP contribution in [0.25, 0.3) is 64.6 Å². The smallest absolute Gasteiger partial charge is 0.304 e. The summed E-state index contributed by atoms with van der Waals surface area (Å²) in [4.78, 5) is 31.5. The van der Waals surface area contributed by atoms with Crippen molar-refractivity contribution in [3.05, 3.63) is 192 Å². The third-order valence-electron chi connectivity index (χ3n) is 18.7. The molecular weight excluding hydrogens is 1540 g/mol. The number of carboxylic acids is 1. The summed E-state index contributed by atoms with van der Waals surface area (Å²) in [5.41, 5.74) is 15.8. The molecule has 14 rings (SSSR count). The lowest BCUT2D eigenvalue weighted by Gasteiger charge is -2.22. The van der Waals surface area contributed by atoms with Crippen LogP contribution < -0.4 is 48.0 Å². The summed E-state index contributed by atoms with van der Waals surface area (Å²) in [6.07, 6.45) is 0.278. The molecule has 12 heteroatoms. The van der Waals surface area contributed by atoms with Gasteiger partial charge in [-0.05, 0) is 130 Å². The molecule has 0 saturated carbocycles. The quantitative estimate of drug-likeness (QED) is 0.0448. The van der Waals surface area contributed by atoms with Gasteiger partial charge in [0.05, 0.1) is 34.0 Å². The summed E-state index contributed by atoms with van der Waals surface area (Å²) in [5.74, 6) is -0.718. The lowest BCUT2D eigenvalue weighted by atomic mass is 9.78. The molecule has 1 N–H and O–H groups in total. The number of carboxylic acid groups (broad SMARTS) is 1. The Labute approximate surface area is 581 Å². The van der Waals surface area contributed by atoms with E-state index in [-0.39, 0.29) is 76.0 Å². The molecule has 456 valence electrons. The predicted octanol–water partition coefficient (Wildman–Crippen LogP) is 14.0. The summed E-state index contributed by atoms with van der Waals surface area (Å²) in [6.45, 7) is 28.5. The number of fused-ring (bicyclic) bond motifs is 18. The number of hydrogen-bond donors (Lipinski definition) is 1. The topological polar surface area (TPSA) is 94.3 Å². The normalized spacial score (nSPS) is 15.4. The minimum atomic E-state index is -0.718. The molecule has 4 heterocycles. The second-order valence-corrected chi connectivity index (χ2v) is 25.6. The summed E-state index contributed by atoms with van der Waals surface area (Å²) < 4.78 is 10.2. The molecule has 0 saturated heterocycles. The van der Waals surface area contributed by atoms with Crippen molar-refractivity contribution < 1.29 is 76.5 Å². The highest BCUT2D eigenvalue weighted by molar-refractivity contribution is 14.1. The lowest BCUT2D eigenvalue weighted by molar-refractivity contribution is -0.441. The van der Waals surface area contributed by atoms with Gasteiger partial charge in [0.25, 0.3) is 6.47 Å². The molecule has 10 aromatic rings. The van der Waals surface area contributed by atoms with Gasteiger partial charge in [0.1, 0.15) is 13.7 Å². The molecule has 0 spiro atoms. The summed E-state index contributed by atoms with van der Waals surface area (Å²) in [7, 11) is 2.20. The van der Waals surface area contributed by atoms with Gasteiger partial charge in [0.2, 0.25) is 11.4 Å². The number of carbonyl (C=O) groups excluding carboxylic acids is 1. The van der Waals surface area contributed by atoms with Crippen LogP contribution in [0.5, 0.6) is 0 Å². The Bertz CT molecular complexity index is 4440. The molecule has 0 fully saturated rings. The van der Waals surface area contributed by atoms with E-state index in [0.717, 1.165) is 5.69 Å². The van der Waals surface area contributed by atoms with Gasteiger partial charge in [-0.1, -0.05) is 218 Å². The van der Waals surface area contributed by atoms with Gasteiger partial charge >= 0.3 is 5.97 Å². The third-order valence-corrected chi connectivity index (χ3v) is 19.2. The number of carbonyl (C=O) groups is 2. The summed E-state index contributed by atoms with van der Waals surface area (Å²) in [6, 6.07) is 60.6. The fourth-order valence-corrected chi connectivity index (χ4v) is 13.6. The highest BCUT2D eigenvalue weighted by Crippen LogP contribution is 2.51. The van der Waals surface area contributed by atoms with E-state index in [9.17, 15) is 9.59 Å². The van der Waals surface area contributed by atoms with E-state index in [1.165, 1.54) is 127 Å². The predicted molar refractivity (Wildman–Crippen MR) is 384 cm³/mol. The van der Waals surface area contributed by atoms with Crippen LogP contribution in [0.3, 0.4) is 0 Å². The molecule has 4 aliphatic rings. The van der Waals surface area contributed by atoms with Crippen LogP contribution in [-0.2, 0) is 36.0 Å². The second kappa shape index (κ2) is 28.6. The molecule has 0 bridgehead atoms. The number of alkyl halides is 2. The van der Waals surface area contributed by atoms with E-state index in [4.69, 9.17) is 14.8 Å². The first kappa shape index (κ1) is 69.8. The zero-order valence-corrected chi connectivity index (χ0v) is 61.7. The van der Waals surface area contributed by atoms with Crippen molar-refractivity contribution in [3.8, 4) is 0 Å². The summed E-state index contributed by atoms with van der Waals surface area (Å²) in [5, 5.41) is 23.8. The van der Waals surface area contributed by atoms with Crippen LogP contribution in [0.15, 0.2) is 180 Å². The fraction of sp³-hybridized carbons (Fsp3) is 0.289. The Morgan fingerprint density at radius 3 is 1.42 bits per heavy atom. The molecule has 8 nitrogen and oxygen atoms in total. The van der Waals surface area contributed by atoms with E-state index >= 15 is 0 Å². The average Bonchev–Trinajstić information content (AvgIpc) is 1.65. The Morgan fingerprint density at radius 1 is 0.500 bits per heavy atom. The van der Waals surface area contributed by atoms with Crippen LogP contribution in [0.2, 0.25) is 0 Å². The van der Waals surface area contributed by atoms with Gasteiger partial charge in [-0.3, -0.25) is 19.6 Å². The first-order chi connectivity index (χ1) is 41.1. The molecule has 0 radical (unpaired) electrons. The number of rotatable bonds is 6. The van der Waals surface area contributed by atoms with E-state index < -0.39 is 5.97 Å². The minimum Gasteiger partial charge on any atom is -1.00 e. The molecule has 4 aliphatic heterocycles. The molecule has 10 aromatic carbocycles. The third kappa shape index (κ3) is 12.8. The van der Waals surface area contributed by atoms with Crippen LogP contribution in [0.1, 0.15) is 112 Å². The van der Waals surface area contributed by atoms with Gasteiger partial charge in [0, 0.05) is 63.1 Å². The Kier molecular flexibility index (Phi) is 22.7. The second-order valence-electron chi connectivity index (χ2n) is 24.6. The molecule has 88 heavy (non-hydrogen) atoms. The van der Waals surface area contributed by atoms with Crippen molar-refractivity contribution >= 4 is 168 Å². The van der Waals surface area contributed by atoms with Crippen LogP contribution >= 0.6 is 45.2 Å². The van der Waals surface area contributed by atoms with E-state index in [0.29, 0.717) is 24.1 Å². The van der Waals surface area contributed by atoms with Crippen molar-refractivity contribution in [2.24, 2.45) is 9.98 Å². The van der Waals surface area contributed by atoms with Crippen molar-refractivity contribution in [1.82, 2.24) is 0 Å². The zero-order valence-electron chi connectivity index (χ0n) is 53.0. The van der Waals surface area contributed by atoms with Crippen molar-refractivity contribution in [3.63, 3.8) is 0 Å². The SMILES string of the molecule is CC1=Nc2c(c3ccccc3c3ccccc23)C1(C)C.CC1=Nc2ccc3ccccc3c2C1(C)C.CC1=[N+](C)c2c(c3ccccc3c3ccccc23)C1(C)C.CC1=[N+](CCOC=O)c2ccc3ccccc3c2C1(C)C.CI.O=C(O)CCI.[I-].[I-]. The zero-order chi connectivity index (χ0) is 62.0. The van der Waals surface area contributed by atoms with E-state index in [1.807, 2.05) is 27.5 Å². The van der Waals surface area contributed by atoms with Crippen LogP contribution in [0.4, 0.5) is 22.7 Å². The largest absolute Gasteiger partial charge is 1.00 e. The van der Waals surface area contributed by atoms with Crippen LogP contribution in [-0.4, -0.2) is 79.1 Å². The number of aliphatic imine (C=N–C) groups is 2. The Morgan fingerprint density at radius 2 is 0.909 bits per heavy atom. The van der Waals surface area contributed by atoms with Gasteiger partial charge in [-0.25, -0.2) is 4.58 Å². The van der Waals surface area contributed by atoms with E-state index in [1.54, 1.807) is 0 Å². The monoisotopic (exact) mass is 1620 g/mol. The number of ether oxygens (including phenoxy) is 1. The maximum Gasteiger partial charge on any atom is 0.304 e. The Balaban J connectivity index is 0.000000160. The van der Waals surface area contributed by atoms with Gasteiger partial charge < -0.3 is 57.8 Å². The highest BCUT2D eigenvalue weighted by atomic mass is 127. The van der Waals surface area contributed by atoms with Crippen molar-refractivity contribution in [2.75, 3.05) is 29.6 Å². The lowest BCUT2D eigenvalue weighted by Crippen LogP contribution is -3.00. The van der Waals surface area contributed by atoms with Gasteiger partial charge in [0.15, 0.2) is 18.0 Å². The molecule has 0 aromatic heterocycles. The van der Waals surface area contributed by atoms with Gasteiger partial charge in [-0.15, -0.1) is 0 Å². The molecule has 0 amide bonds. The van der Waals surface area contributed by atoms with Gasteiger partial charge in [-0.2, -0.15) is 4.58 Å². The first-order valence-corrected chi connectivity index (χ1v) is 33.2. The minimum absolute atomic E-state index is 0. The maximum atomic E-state index is 10.4. The number of hydrogen-bond acceptors (Lipinski definition) is 5. The molecular formula is C76H80I4N4O4. The maximum absolute atomic E-state index is 10.4. The number of halogens is 4. The number of nitrogens with zero attached hydrogens (tertiary/aromatic N) is 4. The average molecular weight is 1620 g/mol.